The molecule has 0 fully saturated rings. The van der Waals surface area contributed by atoms with Crippen molar-refractivity contribution < 1.29 is 10.2 Å². The van der Waals surface area contributed by atoms with Gasteiger partial charge in [0.2, 0.25) is 0 Å². The molecule has 2 aromatic carbocycles. The molecule has 0 aliphatic carbocycles. The second kappa shape index (κ2) is 5.41. The molecular formula is C18H20O2. The van der Waals surface area contributed by atoms with E-state index in [1.165, 1.54) is 0 Å². The summed E-state index contributed by atoms with van der Waals surface area (Å²) in [5.74, 6) is 0.719. The SMILES string of the molecule is Cc1cc(/C=C/c2cc(C)c(O)c(C)c2)cc(C)c1O. The van der Waals surface area contributed by atoms with Gasteiger partial charge >= 0.3 is 0 Å². The molecule has 0 amide bonds. The van der Waals surface area contributed by atoms with Crippen LogP contribution in [-0.4, -0.2) is 10.2 Å². The van der Waals surface area contributed by atoms with Crippen LogP contribution in [0.15, 0.2) is 24.3 Å². The molecule has 0 saturated carbocycles. The third kappa shape index (κ3) is 2.85. The van der Waals surface area contributed by atoms with E-state index in [1.807, 2.05) is 64.1 Å². The standard InChI is InChI=1S/C18H20O2/c1-11-7-15(8-12(2)17(11)19)5-6-16-9-13(3)18(20)14(4)10-16/h5-10,19-20H,1-4H3/b6-5+. The van der Waals surface area contributed by atoms with Crippen LogP contribution in [0.1, 0.15) is 33.4 Å². The molecule has 0 radical (unpaired) electrons. The number of aromatic hydroxyl groups is 2. The van der Waals surface area contributed by atoms with Crippen LogP contribution in [0.2, 0.25) is 0 Å². The molecule has 0 saturated heterocycles. The van der Waals surface area contributed by atoms with Gasteiger partial charge in [-0.15, -0.1) is 0 Å². The van der Waals surface area contributed by atoms with Crippen LogP contribution in [0.3, 0.4) is 0 Å². The van der Waals surface area contributed by atoms with E-state index in [0.717, 1.165) is 33.4 Å². The predicted octanol–water partition coefficient (Wildman–Crippen LogP) is 4.50. The highest BCUT2D eigenvalue weighted by molar-refractivity contribution is 5.72. The van der Waals surface area contributed by atoms with Gasteiger partial charge in [-0.05, 0) is 85.3 Å². The average molecular weight is 268 g/mol. The van der Waals surface area contributed by atoms with Crippen molar-refractivity contribution in [3.8, 4) is 11.5 Å². The molecule has 0 spiro atoms. The minimum atomic E-state index is 0.360. The first-order chi connectivity index (χ1) is 9.38. The van der Waals surface area contributed by atoms with E-state index in [2.05, 4.69) is 0 Å². The Morgan fingerprint density at radius 3 is 1.10 bits per heavy atom. The monoisotopic (exact) mass is 268 g/mol. The van der Waals surface area contributed by atoms with Crippen LogP contribution in [0, 0.1) is 27.7 Å². The number of phenols is 2. The van der Waals surface area contributed by atoms with Crippen molar-refractivity contribution in [3.05, 3.63) is 57.6 Å². The summed E-state index contributed by atoms with van der Waals surface area (Å²) in [6, 6.07) is 7.83. The molecule has 0 aliphatic heterocycles. The normalized spacial score (nSPS) is 11.2. The van der Waals surface area contributed by atoms with E-state index >= 15 is 0 Å². The van der Waals surface area contributed by atoms with E-state index in [4.69, 9.17) is 0 Å². The quantitative estimate of drug-likeness (QED) is 0.787. The van der Waals surface area contributed by atoms with Gasteiger partial charge in [-0.1, -0.05) is 12.2 Å². The van der Waals surface area contributed by atoms with Crippen molar-refractivity contribution in [2.75, 3.05) is 0 Å². The number of aryl methyl sites for hydroxylation is 4. The molecule has 0 atom stereocenters. The average Bonchev–Trinajstić information content (AvgIpc) is 2.39. The zero-order valence-corrected chi connectivity index (χ0v) is 12.4. The van der Waals surface area contributed by atoms with E-state index in [9.17, 15) is 10.2 Å². The molecule has 0 unspecified atom stereocenters. The van der Waals surface area contributed by atoms with Gasteiger partial charge in [0.15, 0.2) is 0 Å². The first kappa shape index (κ1) is 14.2. The number of benzene rings is 2. The van der Waals surface area contributed by atoms with Crippen molar-refractivity contribution in [1.29, 1.82) is 0 Å². The molecule has 0 heterocycles. The molecule has 2 nitrogen and oxygen atoms in total. The van der Waals surface area contributed by atoms with Gasteiger partial charge in [-0.2, -0.15) is 0 Å². The maximum absolute atomic E-state index is 9.77. The smallest absolute Gasteiger partial charge is 0.121 e. The maximum Gasteiger partial charge on any atom is 0.121 e. The lowest BCUT2D eigenvalue weighted by Crippen LogP contribution is -1.84. The van der Waals surface area contributed by atoms with Crippen LogP contribution in [0.5, 0.6) is 11.5 Å². The van der Waals surface area contributed by atoms with Crippen LogP contribution < -0.4 is 0 Å². The van der Waals surface area contributed by atoms with Gasteiger partial charge < -0.3 is 10.2 Å². The van der Waals surface area contributed by atoms with Gasteiger partial charge in [0.1, 0.15) is 11.5 Å². The van der Waals surface area contributed by atoms with Crippen molar-refractivity contribution >= 4 is 12.2 Å². The summed E-state index contributed by atoms with van der Waals surface area (Å²) in [4.78, 5) is 0. The first-order valence-electron chi connectivity index (χ1n) is 6.67. The lowest BCUT2D eigenvalue weighted by Gasteiger charge is -2.06. The number of rotatable bonds is 2. The van der Waals surface area contributed by atoms with Crippen LogP contribution in [0.25, 0.3) is 12.2 Å². The van der Waals surface area contributed by atoms with Crippen LogP contribution in [-0.2, 0) is 0 Å². The van der Waals surface area contributed by atoms with Gasteiger partial charge in [0, 0.05) is 0 Å². The zero-order valence-electron chi connectivity index (χ0n) is 12.4. The van der Waals surface area contributed by atoms with Crippen molar-refractivity contribution in [2.45, 2.75) is 27.7 Å². The largest absolute Gasteiger partial charge is 0.507 e. The molecule has 0 aromatic heterocycles. The Morgan fingerprint density at radius 2 is 0.850 bits per heavy atom. The molecule has 2 aromatic rings. The first-order valence-corrected chi connectivity index (χ1v) is 6.67. The third-order valence-electron chi connectivity index (χ3n) is 3.50. The van der Waals surface area contributed by atoms with Gasteiger partial charge in [-0.25, -0.2) is 0 Å². The second-order valence-electron chi connectivity index (χ2n) is 5.34. The molecule has 20 heavy (non-hydrogen) atoms. The van der Waals surface area contributed by atoms with Gasteiger partial charge in [0.05, 0.1) is 0 Å². The van der Waals surface area contributed by atoms with Crippen molar-refractivity contribution in [2.24, 2.45) is 0 Å². The van der Waals surface area contributed by atoms with Crippen LogP contribution in [0.4, 0.5) is 0 Å². The molecule has 2 N–H and O–H groups in total. The number of hydrogen-bond donors (Lipinski definition) is 2. The molecular weight excluding hydrogens is 248 g/mol. The highest BCUT2D eigenvalue weighted by Gasteiger charge is 2.03. The minimum absolute atomic E-state index is 0.360. The zero-order chi connectivity index (χ0) is 14.9. The summed E-state index contributed by atoms with van der Waals surface area (Å²) in [7, 11) is 0. The summed E-state index contributed by atoms with van der Waals surface area (Å²) in [6.45, 7) is 7.59. The predicted molar refractivity (Wildman–Crippen MR) is 84.1 cm³/mol. The summed E-state index contributed by atoms with van der Waals surface area (Å²) in [5, 5.41) is 19.5. The molecule has 104 valence electrons. The summed E-state index contributed by atoms with van der Waals surface area (Å²) in [5.41, 5.74) is 5.62. The van der Waals surface area contributed by atoms with Crippen molar-refractivity contribution in [3.63, 3.8) is 0 Å². The summed E-state index contributed by atoms with van der Waals surface area (Å²) in [6.07, 6.45) is 4.04. The Bertz CT molecular complexity index is 576. The fourth-order valence-corrected chi connectivity index (χ4v) is 2.36. The van der Waals surface area contributed by atoms with Gasteiger partial charge in [0.25, 0.3) is 0 Å². The Labute approximate surface area is 120 Å². The van der Waals surface area contributed by atoms with E-state index in [1.54, 1.807) is 0 Å². The second-order valence-corrected chi connectivity index (χ2v) is 5.34. The lowest BCUT2D eigenvalue weighted by molar-refractivity contribution is 0.466. The summed E-state index contributed by atoms with van der Waals surface area (Å²) < 4.78 is 0. The molecule has 2 rings (SSSR count). The Hall–Kier alpha value is -2.22. The Kier molecular flexibility index (Phi) is 3.84. The third-order valence-corrected chi connectivity index (χ3v) is 3.50. The molecule has 0 bridgehead atoms. The molecule has 0 aliphatic rings. The number of phenolic OH excluding ortho intramolecular Hbond substituents is 2. The number of hydrogen-bond acceptors (Lipinski definition) is 2. The highest BCUT2D eigenvalue weighted by atomic mass is 16.3. The van der Waals surface area contributed by atoms with E-state index in [0.29, 0.717) is 11.5 Å². The fourth-order valence-electron chi connectivity index (χ4n) is 2.36. The topological polar surface area (TPSA) is 40.5 Å². The van der Waals surface area contributed by atoms with Gasteiger partial charge in [-0.3, -0.25) is 0 Å². The maximum atomic E-state index is 9.77. The fraction of sp³-hybridized carbons (Fsp3) is 0.222. The Morgan fingerprint density at radius 1 is 0.600 bits per heavy atom. The van der Waals surface area contributed by atoms with Crippen LogP contribution >= 0.6 is 0 Å². The minimum Gasteiger partial charge on any atom is -0.507 e. The molecule has 2 heteroatoms. The lowest BCUT2D eigenvalue weighted by atomic mass is 10.0. The van der Waals surface area contributed by atoms with E-state index < -0.39 is 0 Å². The highest BCUT2D eigenvalue weighted by Crippen LogP contribution is 2.26. The Balaban J connectivity index is 2.35. The van der Waals surface area contributed by atoms with E-state index in [-0.39, 0.29) is 0 Å². The van der Waals surface area contributed by atoms with Crippen molar-refractivity contribution in [1.82, 2.24) is 0 Å². The summed E-state index contributed by atoms with van der Waals surface area (Å²) >= 11 is 0.